The summed E-state index contributed by atoms with van der Waals surface area (Å²) in [6.45, 7) is 5.53. The quantitative estimate of drug-likeness (QED) is 0.0416. The Morgan fingerprint density at radius 3 is 2.51 bits per heavy atom. The number of rotatable bonds is 18. The van der Waals surface area contributed by atoms with Crippen LogP contribution in [0.3, 0.4) is 0 Å². The van der Waals surface area contributed by atoms with Gasteiger partial charge in [0.05, 0.1) is 30.7 Å². The minimum atomic E-state index is -1.32. The maximum atomic E-state index is 12.3. The molecule has 6 N–H and O–H groups in total. The Hall–Kier alpha value is -1.87. The van der Waals surface area contributed by atoms with E-state index in [1.807, 2.05) is 24.5 Å². The largest absolute Gasteiger partial charge is 0.463 e. The number of nitrogens with one attached hydrogen (secondary N) is 2. The van der Waals surface area contributed by atoms with Gasteiger partial charge in [-0.05, 0) is 44.6 Å². The highest BCUT2D eigenvalue weighted by Gasteiger charge is 2.43. The molecule has 0 aromatic rings. The number of carbonyl (C=O) groups is 3. The molecule has 3 aliphatic rings. The van der Waals surface area contributed by atoms with Gasteiger partial charge in [-0.25, -0.2) is 4.79 Å². The lowest BCUT2D eigenvalue weighted by molar-refractivity contribution is -0.187. The summed E-state index contributed by atoms with van der Waals surface area (Å²) in [6, 6.07) is -0.492. The summed E-state index contributed by atoms with van der Waals surface area (Å²) < 4.78 is 11.0. The van der Waals surface area contributed by atoms with E-state index in [2.05, 4.69) is 10.6 Å². The first-order chi connectivity index (χ1) is 21.5. The van der Waals surface area contributed by atoms with E-state index in [0.29, 0.717) is 19.3 Å². The van der Waals surface area contributed by atoms with Crippen molar-refractivity contribution in [3.63, 3.8) is 0 Å². The molecule has 254 valence electrons. The van der Waals surface area contributed by atoms with E-state index in [-0.39, 0.29) is 47.7 Å². The van der Waals surface area contributed by atoms with Gasteiger partial charge in [-0.2, -0.15) is 0 Å². The second-order valence-electron chi connectivity index (χ2n) is 12.2. The molecule has 2 amide bonds. The van der Waals surface area contributed by atoms with Crippen LogP contribution in [0.15, 0.2) is 34.9 Å². The van der Waals surface area contributed by atoms with Crippen LogP contribution in [-0.4, -0.2) is 93.2 Å². The SMILES string of the molecule is C/C(=C\C(=O)OCCCCCCCCCC(=O)NC1C(=O)NC2=CSSC21)[C@@H](O)[C@@H]1OC[C@H](C/C=C/[C@@H](C)[C@H](C)O)[C@@H](O)[C@H]1O. The van der Waals surface area contributed by atoms with Crippen LogP contribution < -0.4 is 10.6 Å². The number of aliphatic hydroxyl groups excluding tert-OH is 4. The average Bonchev–Trinajstić information content (AvgIpc) is 3.57. The molecule has 0 saturated carbocycles. The third kappa shape index (κ3) is 11.7. The fraction of sp³-hybridized carbons (Fsp3) is 0.719. The lowest BCUT2D eigenvalue weighted by atomic mass is 9.86. The van der Waals surface area contributed by atoms with Crippen LogP contribution in [0.1, 0.15) is 78.6 Å². The number of esters is 1. The van der Waals surface area contributed by atoms with Crippen LogP contribution in [-0.2, 0) is 23.9 Å². The van der Waals surface area contributed by atoms with Crippen LogP contribution in [0.5, 0.6) is 0 Å². The van der Waals surface area contributed by atoms with Crippen molar-refractivity contribution in [1.82, 2.24) is 10.6 Å². The predicted octanol–water partition coefficient (Wildman–Crippen LogP) is 2.88. The number of hydrogen-bond donors (Lipinski definition) is 6. The number of aliphatic hydroxyl groups is 4. The summed E-state index contributed by atoms with van der Waals surface area (Å²) >= 11 is 0. The highest BCUT2D eigenvalue weighted by Crippen LogP contribution is 2.43. The molecule has 3 heterocycles. The normalized spacial score (nSPS) is 28.7. The third-order valence-electron chi connectivity index (χ3n) is 8.54. The summed E-state index contributed by atoms with van der Waals surface area (Å²) in [6.07, 6.45) is 6.82. The molecule has 0 aliphatic carbocycles. The molecule has 0 spiro atoms. The highest BCUT2D eigenvalue weighted by atomic mass is 33.1. The van der Waals surface area contributed by atoms with E-state index >= 15 is 0 Å². The van der Waals surface area contributed by atoms with Crippen molar-refractivity contribution in [2.75, 3.05) is 13.2 Å². The van der Waals surface area contributed by atoms with E-state index < -0.39 is 42.5 Å². The van der Waals surface area contributed by atoms with Gasteiger partial charge in [0.2, 0.25) is 11.8 Å². The standard InChI is InChI=1S/C32H50N2O9S2/c1-19(21(3)35)12-11-13-22-17-43-30(29(40)28(22)39)27(38)20(2)16-25(37)42-15-10-8-6-4-5-7-9-14-24(36)34-26-31-23(18-44-45-31)33-32(26)41/h11-12,16,18-19,21-22,26-31,35,38-40H,4-10,13-15,17H2,1-3H3,(H,33,41)(H,34,36)/b12-11+,20-16+/t19-,21+,22+,26?,27-,28-,29-,30+,31?/m1/s1. The molecule has 45 heavy (non-hydrogen) atoms. The van der Waals surface area contributed by atoms with E-state index in [9.17, 15) is 34.8 Å². The van der Waals surface area contributed by atoms with Crippen LogP contribution in [0, 0.1) is 11.8 Å². The molecule has 3 aliphatic heterocycles. The zero-order valence-electron chi connectivity index (χ0n) is 26.4. The Morgan fingerprint density at radius 2 is 1.80 bits per heavy atom. The molecule has 0 radical (unpaired) electrons. The van der Waals surface area contributed by atoms with Crippen LogP contribution in [0.25, 0.3) is 0 Å². The lowest BCUT2D eigenvalue weighted by Gasteiger charge is -2.39. The third-order valence-corrected chi connectivity index (χ3v) is 11.0. The second-order valence-corrected chi connectivity index (χ2v) is 14.5. The van der Waals surface area contributed by atoms with Gasteiger partial charge in [0.15, 0.2) is 0 Å². The Morgan fingerprint density at radius 1 is 1.11 bits per heavy atom. The summed E-state index contributed by atoms with van der Waals surface area (Å²) in [4.78, 5) is 36.6. The monoisotopic (exact) mass is 670 g/mol. The Kier molecular flexibility index (Phi) is 15.9. The fourth-order valence-corrected chi connectivity index (χ4v) is 7.96. The Bertz CT molecular complexity index is 1080. The summed E-state index contributed by atoms with van der Waals surface area (Å²) in [5, 5.41) is 49.0. The topological polar surface area (TPSA) is 175 Å². The molecule has 2 fully saturated rings. The van der Waals surface area contributed by atoms with Crippen molar-refractivity contribution >= 4 is 39.4 Å². The number of amides is 2. The van der Waals surface area contributed by atoms with Crippen LogP contribution in [0.2, 0.25) is 0 Å². The van der Waals surface area contributed by atoms with Gasteiger partial charge in [-0.3, -0.25) is 9.59 Å². The molecule has 3 rings (SSSR count). The Balaban J connectivity index is 1.22. The number of unbranched alkanes of at least 4 members (excludes halogenated alkanes) is 6. The number of fused-ring (bicyclic) bond motifs is 1. The van der Waals surface area contributed by atoms with Gasteiger partial charge in [0.25, 0.3) is 0 Å². The van der Waals surface area contributed by atoms with Crippen molar-refractivity contribution in [3.05, 3.63) is 34.9 Å². The molecule has 2 unspecified atom stereocenters. The average molecular weight is 671 g/mol. The summed E-state index contributed by atoms with van der Waals surface area (Å²) in [7, 11) is 3.15. The van der Waals surface area contributed by atoms with Gasteiger partial charge in [0, 0.05) is 29.5 Å². The maximum Gasteiger partial charge on any atom is 0.330 e. The molecule has 0 bridgehead atoms. The fourth-order valence-electron chi connectivity index (χ4n) is 5.37. The number of carbonyl (C=O) groups excluding carboxylic acids is 3. The van der Waals surface area contributed by atoms with Crippen LogP contribution in [0.4, 0.5) is 0 Å². The first-order valence-corrected chi connectivity index (χ1v) is 18.2. The van der Waals surface area contributed by atoms with Gasteiger partial charge in [-0.15, -0.1) is 0 Å². The van der Waals surface area contributed by atoms with Crippen molar-refractivity contribution in [2.45, 2.75) is 120 Å². The molecule has 0 aromatic heterocycles. The van der Waals surface area contributed by atoms with E-state index in [1.54, 1.807) is 35.4 Å². The second kappa shape index (κ2) is 19.1. The maximum absolute atomic E-state index is 12.3. The summed E-state index contributed by atoms with van der Waals surface area (Å²) in [5.74, 6) is -1.21. The van der Waals surface area contributed by atoms with E-state index in [4.69, 9.17) is 9.47 Å². The van der Waals surface area contributed by atoms with Gasteiger partial charge < -0.3 is 40.5 Å². The zero-order valence-corrected chi connectivity index (χ0v) is 28.1. The number of allylic oxidation sites excluding steroid dienone is 1. The van der Waals surface area contributed by atoms with E-state index in [0.717, 1.165) is 44.2 Å². The molecular weight excluding hydrogens is 620 g/mol. The van der Waals surface area contributed by atoms with Gasteiger partial charge >= 0.3 is 5.97 Å². The lowest BCUT2D eigenvalue weighted by Crippen LogP contribution is -2.54. The molecule has 11 nitrogen and oxygen atoms in total. The molecule has 9 atom stereocenters. The van der Waals surface area contributed by atoms with Crippen LogP contribution >= 0.6 is 21.6 Å². The first kappa shape index (κ1) is 37.6. The van der Waals surface area contributed by atoms with Crippen molar-refractivity contribution in [3.8, 4) is 0 Å². The summed E-state index contributed by atoms with van der Waals surface area (Å²) in [5.41, 5.74) is 1.16. The van der Waals surface area contributed by atoms with Crippen molar-refractivity contribution in [2.24, 2.45) is 11.8 Å². The molecular formula is C32H50N2O9S2. The van der Waals surface area contributed by atoms with Gasteiger partial charge in [-0.1, -0.05) is 72.8 Å². The number of ether oxygens (including phenoxy) is 2. The highest BCUT2D eigenvalue weighted by molar-refractivity contribution is 8.78. The zero-order chi connectivity index (χ0) is 32.9. The van der Waals surface area contributed by atoms with Crippen molar-refractivity contribution < 1.29 is 44.3 Å². The van der Waals surface area contributed by atoms with E-state index in [1.165, 1.54) is 6.08 Å². The first-order valence-electron chi connectivity index (χ1n) is 16.0. The van der Waals surface area contributed by atoms with Gasteiger partial charge in [0.1, 0.15) is 24.4 Å². The number of hydrogen-bond acceptors (Lipinski definition) is 11. The Labute approximate surface area is 274 Å². The minimum Gasteiger partial charge on any atom is -0.463 e. The molecule has 0 aromatic carbocycles. The molecule has 13 heteroatoms. The predicted molar refractivity (Wildman–Crippen MR) is 175 cm³/mol. The molecule has 2 saturated heterocycles. The minimum absolute atomic E-state index is 0.0168. The smallest absolute Gasteiger partial charge is 0.330 e. The van der Waals surface area contributed by atoms with Crippen molar-refractivity contribution in [1.29, 1.82) is 0 Å².